The molecule has 1 atom stereocenters. The predicted molar refractivity (Wildman–Crippen MR) is 89.5 cm³/mol. The second-order valence-corrected chi connectivity index (χ2v) is 5.65. The summed E-state index contributed by atoms with van der Waals surface area (Å²) in [5.74, 6) is -0.195. The van der Waals surface area contributed by atoms with Gasteiger partial charge in [0.25, 0.3) is 5.91 Å². The Morgan fingerprint density at radius 2 is 1.77 bits per heavy atom. The van der Waals surface area contributed by atoms with Crippen molar-refractivity contribution in [3.63, 3.8) is 0 Å². The second kappa shape index (κ2) is 6.19. The van der Waals surface area contributed by atoms with E-state index < -0.39 is 6.04 Å². The summed E-state index contributed by atoms with van der Waals surface area (Å²) in [6.45, 7) is 1.78. The van der Waals surface area contributed by atoms with E-state index in [1.807, 2.05) is 54.6 Å². The van der Waals surface area contributed by atoms with Crippen molar-refractivity contribution in [1.82, 2.24) is 0 Å². The number of halogens is 1. The van der Waals surface area contributed by atoms with Crippen molar-refractivity contribution in [2.24, 2.45) is 15.3 Å². The molecule has 0 radical (unpaired) electrons. The van der Waals surface area contributed by atoms with E-state index in [1.165, 1.54) is 5.01 Å². The number of anilines is 1. The fraction of sp³-hybridized carbons (Fsp3) is 0.125. The minimum atomic E-state index is -0.674. The lowest BCUT2D eigenvalue weighted by atomic mass is 10.2. The maximum Gasteiger partial charge on any atom is 0.280 e. The Bertz CT molecular complexity index is 758. The van der Waals surface area contributed by atoms with Crippen LogP contribution in [0.3, 0.4) is 0 Å². The highest BCUT2D eigenvalue weighted by Gasteiger charge is 2.34. The van der Waals surface area contributed by atoms with Gasteiger partial charge in [-0.2, -0.15) is 20.3 Å². The first kappa shape index (κ1) is 14.6. The number of azo groups is 1. The fourth-order valence-electron chi connectivity index (χ4n) is 2.10. The number of rotatable bonds is 3. The van der Waals surface area contributed by atoms with E-state index in [-0.39, 0.29) is 5.91 Å². The summed E-state index contributed by atoms with van der Waals surface area (Å²) in [4.78, 5) is 12.5. The minimum Gasteiger partial charge on any atom is -0.269 e. The van der Waals surface area contributed by atoms with Crippen molar-refractivity contribution in [3.8, 4) is 0 Å². The highest BCUT2D eigenvalue weighted by Crippen LogP contribution is 2.27. The largest absolute Gasteiger partial charge is 0.280 e. The van der Waals surface area contributed by atoms with Crippen LogP contribution in [0.2, 0.25) is 0 Å². The molecule has 22 heavy (non-hydrogen) atoms. The van der Waals surface area contributed by atoms with Gasteiger partial charge in [-0.05, 0) is 47.1 Å². The van der Waals surface area contributed by atoms with Crippen LogP contribution in [0.15, 0.2) is 74.4 Å². The van der Waals surface area contributed by atoms with Crippen molar-refractivity contribution in [3.05, 3.63) is 59.1 Å². The molecule has 2 aromatic carbocycles. The summed E-state index contributed by atoms with van der Waals surface area (Å²) in [7, 11) is 0. The summed E-state index contributed by atoms with van der Waals surface area (Å²) in [5.41, 5.74) is 2.04. The van der Waals surface area contributed by atoms with E-state index in [0.717, 1.165) is 10.2 Å². The van der Waals surface area contributed by atoms with Crippen LogP contribution in [0.4, 0.5) is 11.4 Å². The molecule has 0 saturated heterocycles. The number of carbonyl (C=O) groups excluding carboxylic acids is 1. The lowest BCUT2D eigenvalue weighted by Crippen LogP contribution is -2.29. The van der Waals surface area contributed by atoms with Crippen LogP contribution in [0.1, 0.15) is 6.92 Å². The number of amides is 1. The highest BCUT2D eigenvalue weighted by molar-refractivity contribution is 9.10. The Labute approximate surface area is 136 Å². The molecule has 0 aliphatic carbocycles. The molecule has 110 valence electrons. The average Bonchev–Trinajstić information content (AvgIpc) is 2.82. The van der Waals surface area contributed by atoms with Gasteiger partial charge in [0, 0.05) is 4.47 Å². The number of carbonyl (C=O) groups is 1. The molecule has 3 rings (SSSR count). The van der Waals surface area contributed by atoms with Crippen LogP contribution >= 0.6 is 15.9 Å². The molecule has 0 unspecified atom stereocenters. The average molecular weight is 357 g/mol. The SMILES string of the molecule is CC1=NN(c2ccccc2)C(=O)[C@H]1N=Nc1ccccc1Br. The van der Waals surface area contributed by atoms with E-state index in [0.29, 0.717) is 11.4 Å². The van der Waals surface area contributed by atoms with Crippen LogP contribution < -0.4 is 5.01 Å². The Morgan fingerprint density at radius 1 is 1.09 bits per heavy atom. The minimum absolute atomic E-state index is 0.195. The van der Waals surface area contributed by atoms with E-state index in [9.17, 15) is 4.79 Å². The molecular formula is C16H13BrN4O. The van der Waals surface area contributed by atoms with Gasteiger partial charge in [-0.1, -0.05) is 30.3 Å². The fourth-order valence-corrected chi connectivity index (χ4v) is 2.46. The zero-order valence-corrected chi connectivity index (χ0v) is 13.4. The molecule has 0 bridgehead atoms. The number of benzene rings is 2. The lowest BCUT2D eigenvalue weighted by molar-refractivity contribution is -0.117. The second-order valence-electron chi connectivity index (χ2n) is 4.80. The first-order valence-corrected chi connectivity index (χ1v) is 7.55. The summed E-state index contributed by atoms with van der Waals surface area (Å²) < 4.78 is 0.832. The topological polar surface area (TPSA) is 57.4 Å². The standard InChI is InChI=1S/C16H13BrN4O/c1-11-15(19-18-14-10-6-5-9-13(14)17)16(22)21(20-11)12-7-3-2-4-8-12/h2-10,15H,1H3/t15-/m0/s1. The van der Waals surface area contributed by atoms with Gasteiger partial charge in [-0.15, -0.1) is 0 Å². The molecule has 1 amide bonds. The molecule has 1 aliphatic heterocycles. The molecule has 5 nitrogen and oxygen atoms in total. The van der Waals surface area contributed by atoms with Crippen LogP contribution in [-0.4, -0.2) is 17.7 Å². The van der Waals surface area contributed by atoms with Gasteiger partial charge >= 0.3 is 0 Å². The molecule has 0 saturated carbocycles. The summed E-state index contributed by atoms with van der Waals surface area (Å²) in [6.07, 6.45) is 0. The molecule has 2 aromatic rings. The summed E-state index contributed by atoms with van der Waals surface area (Å²) >= 11 is 3.41. The molecule has 0 fully saturated rings. The molecule has 6 heteroatoms. The third-order valence-electron chi connectivity index (χ3n) is 3.23. The number of hydrazone groups is 1. The van der Waals surface area contributed by atoms with Crippen LogP contribution in [0, 0.1) is 0 Å². The molecule has 1 heterocycles. The van der Waals surface area contributed by atoms with Crippen LogP contribution in [0.25, 0.3) is 0 Å². The van der Waals surface area contributed by atoms with Crippen molar-refractivity contribution in [1.29, 1.82) is 0 Å². The first-order valence-electron chi connectivity index (χ1n) is 6.76. The third-order valence-corrected chi connectivity index (χ3v) is 3.90. The van der Waals surface area contributed by atoms with Gasteiger partial charge in [-0.25, -0.2) is 0 Å². The van der Waals surface area contributed by atoms with E-state index in [2.05, 4.69) is 31.3 Å². The maximum absolute atomic E-state index is 12.5. The number of para-hydroxylation sites is 1. The molecule has 0 N–H and O–H groups in total. The number of hydrogen-bond donors (Lipinski definition) is 0. The van der Waals surface area contributed by atoms with Gasteiger partial charge in [0.1, 0.15) is 0 Å². The van der Waals surface area contributed by atoms with Crippen LogP contribution in [0.5, 0.6) is 0 Å². The molecule has 1 aliphatic rings. The van der Waals surface area contributed by atoms with Crippen LogP contribution in [-0.2, 0) is 4.79 Å². The van der Waals surface area contributed by atoms with Crippen molar-refractivity contribution < 1.29 is 4.79 Å². The van der Waals surface area contributed by atoms with Gasteiger partial charge in [0.05, 0.1) is 17.1 Å². The quantitative estimate of drug-likeness (QED) is 0.755. The third kappa shape index (κ3) is 2.82. The smallest absolute Gasteiger partial charge is 0.269 e. The number of nitrogens with zero attached hydrogens (tertiary/aromatic N) is 4. The zero-order chi connectivity index (χ0) is 15.5. The number of hydrogen-bond acceptors (Lipinski definition) is 4. The Balaban J connectivity index is 1.83. The summed E-state index contributed by atoms with van der Waals surface area (Å²) in [6, 6.07) is 16.1. The monoisotopic (exact) mass is 356 g/mol. The highest BCUT2D eigenvalue weighted by atomic mass is 79.9. The van der Waals surface area contributed by atoms with Crippen molar-refractivity contribution in [2.45, 2.75) is 13.0 Å². The molecule has 0 aromatic heterocycles. The zero-order valence-electron chi connectivity index (χ0n) is 11.8. The van der Waals surface area contributed by atoms with Crippen molar-refractivity contribution >= 4 is 38.9 Å². The predicted octanol–water partition coefficient (Wildman–Crippen LogP) is 4.32. The van der Waals surface area contributed by atoms with Gasteiger partial charge in [-0.3, -0.25) is 4.79 Å². The Hall–Kier alpha value is -2.34. The summed E-state index contributed by atoms with van der Waals surface area (Å²) in [5, 5.41) is 14.0. The first-order chi connectivity index (χ1) is 10.7. The van der Waals surface area contributed by atoms with Gasteiger partial charge in [0.2, 0.25) is 0 Å². The molecule has 0 spiro atoms. The Kier molecular flexibility index (Phi) is 4.11. The van der Waals surface area contributed by atoms with Gasteiger partial charge in [0.15, 0.2) is 6.04 Å². The van der Waals surface area contributed by atoms with Crippen molar-refractivity contribution in [2.75, 3.05) is 5.01 Å². The lowest BCUT2D eigenvalue weighted by Gasteiger charge is -2.11. The van der Waals surface area contributed by atoms with Gasteiger partial charge < -0.3 is 0 Å². The maximum atomic E-state index is 12.5. The Morgan fingerprint density at radius 3 is 2.50 bits per heavy atom. The molecular weight excluding hydrogens is 344 g/mol. The van der Waals surface area contributed by atoms with E-state index >= 15 is 0 Å². The van der Waals surface area contributed by atoms with E-state index in [4.69, 9.17) is 0 Å². The normalized spacial score (nSPS) is 18.1. The van der Waals surface area contributed by atoms with E-state index in [1.54, 1.807) is 6.92 Å².